The van der Waals surface area contributed by atoms with Crippen molar-refractivity contribution in [2.24, 2.45) is 0 Å². The Bertz CT molecular complexity index is 313. The summed E-state index contributed by atoms with van der Waals surface area (Å²) >= 11 is 3.32. The maximum absolute atomic E-state index is 5.20. The third kappa shape index (κ3) is 0.762. The molecule has 0 atom stereocenters. The summed E-state index contributed by atoms with van der Waals surface area (Å²) in [5.74, 6) is 0.863. The van der Waals surface area contributed by atoms with Gasteiger partial charge in [0.25, 0.3) is 0 Å². The maximum Gasteiger partial charge on any atom is 0.148 e. The van der Waals surface area contributed by atoms with Crippen LogP contribution in [0.15, 0.2) is 33.4 Å². The first-order chi connectivity index (χ1) is 4.88. The summed E-state index contributed by atoms with van der Waals surface area (Å²) in [5, 5.41) is 0. The molecule has 49 valence electrons. The van der Waals surface area contributed by atoms with Crippen LogP contribution in [0.4, 0.5) is 0 Å². The van der Waals surface area contributed by atoms with Crippen molar-refractivity contribution in [1.29, 1.82) is 0 Å². The van der Waals surface area contributed by atoms with Gasteiger partial charge in [0, 0.05) is 11.6 Å². The molecule has 0 saturated carbocycles. The highest BCUT2D eigenvalue weighted by Gasteiger charge is 2.07. The lowest BCUT2D eigenvalue weighted by Gasteiger charge is -1.94. The third-order valence-electron chi connectivity index (χ3n) is 1.36. The molecule has 0 N–H and O–H groups in total. The van der Waals surface area contributed by atoms with Crippen molar-refractivity contribution in [3.63, 3.8) is 0 Å². The molecule has 1 heterocycles. The van der Waals surface area contributed by atoms with Crippen LogP contribution in [0.3, 0.4) is 0 Å². The maximum atomic E-state index is 5.20. The van der Waals surface area contributed by atoms with Crippen molar-refractivity contribution in [1.82, 2.24) is 0 Å². The molecule has 0 fully saturated rings. The van der Waals surface area contributed by atoms with E-state index in [4.69, 9.17) is 4.42 Å². The first-order valence-corrected chi connectivity index (χ1v) is 3.70. The van der Waals surface area contributed by atoms with Gasteiger partial charge in [-0.3, -0.25) is 0 Å². The average Bonchev–Trinajstić information content (AvgIpc) is 2.34. The molecule has 0 aromatic carbocycles. The molecule has 0 aromatic heterocycles. The summed E-state index contributed by atoms with van der Waals surface area (Å²) in [6, 6.07) is 8.74. The fraction of sp³-hybridized carbons (Fsp3) is 0. The van der Waals surface area contributed by atoms with Crippen molar-refractivity contribution < 1.29 is 4.42 Å². The lowest BCUT2D eigenvalue weighted by Crippen LogP contribution is -1.69. The van der Waals surface area contributed by atoms with E-state index in [1.165, 1.54) is 0 Å². The molecular weight excluding hydrogens is 192 g/mol. The van der Waals surface area contributed by atoms with E-state index >= 15 is 0 Å². The molecule has 0 aromatic rings. The van der Waals surface area contributed by atoms with Crippen LogP contribution < -0.4 is 0 Å². The minimum absolute atomic E-state index is 0.863. The Morgan fingerprint density at radius 1 is 1.50 bits per heavy atom. The molecule has 2 rings (SSSR count). The van der Waals surface area contributed by atoms with Crippen LogP contribution in [0.2, 0.25) is 0 Å². The van der Waals surface area contributed by atoms with Crippen molar-refractivity contribution in [3.05, 3.63) is 35.0 Å². The van der Waals surface area contributed by atoms with Crippen LogP contribution >= 0.6 is 15.9 Å². The number of fused-ring (bicyclic) bond motifs is 1. The Morgan fingerprint density at radius 3 is 3.20 bits per heavy atom. The standard InChI is InChI=1S/C8H4BrO/c9-7-4-3-6-2-1-5-10-8(6)7/h1-3,5H. The Balaban J connectivity index is 2.78. The molecule has 1 radical (unpaired) electrons. The molecule has 1 aliphatic carbocycles. The molecular formula is C8H4BrO. The van der Waals surface area contributed by atoms with Crippen LogP contribution in [0.1, 0.15) is 0 Å². The summed E-state index contributed by atoms with van der Waals surface area (Å²) < 4.78 is 6.10. The fourth-order valence-electron chi connectivity index (χ4n) is 0.893. The van der Waals surface area contributed by atoms with Gasteiger partial charge in [0.1, 0.15) is 5.76 Å². The number of halogens is 1. The average molecular weight is 196 g/mol. The van der Waals surface area contributed by atoms with Crippen molar-refractivity contribution in [2.45, 2.75) is 0 Å². The van der Waals surface area contributed by atoms with Gasteiger partial charge in [-0.1, -0.05) is 0 Å². The van der Waals surface area contributed by atoms with Crippen LogP contribution in [-0.2, 0) is 0 Å². The molecule has 2 heteroatoms. The smallest absolute Gasteiger partial charge is 0.148 e. The molecule has 10 heavy (non-hydrogen) atoms. The highest BCUT2D eigenvalue weighted by atomic mass is 79.9. The molecule has 0 unspecified atom stereocenters. The second-order valence-electron chi connectivity index (χ2n) is 2.00. The first kappa shape index (κ1) is 5.98. The zero-order valence-corrected chi connectivity index (χ0v) is 6.68. The van der Waals surface area contributed by atoms with E-state index in [-0.39, 0.29) is 0 Å². The van der Waals surface area contributed by atoms with Crippen molar-refractivity contribution in [2.75, 3.05) is 0 Å². The Labute approximate surface area is 67.1 Å². The van der Waals surface area contributed by atoms with Crippen molar-refractivity contribution >= 4 is 15.9 Å². The van der Waals surface area contributed by atoms with Gasteiger partial charge < -0.3 is 4.42 Å². The number of rotatable bonds is 0. The van der Waals surface area contributed by atoms with Gasteiger partial charge >= 0.3 is 0 Å². The summed E-state index contributed by atoms with van der Waals surface area (Å²) in [6.07, 6.45) is 1.65. The zero-order chi connectivity index (χ0) is 6.97. The largest absolute Gasteiger partial charge is 0.463 e. The number of hydrogen-bond acceptors (Lipinski definition) is 1. The molecule has 0 saturated heterocycles. The van der Waals surface area contributed by atoms with Crippen LogP contribution in [0, 0.1) is 6.07 Å². The van der Waals surface area contributed by atoms with E-state index in [9.17, 15) is 0 Å². The van der Waals surface area contributed by atoms with Crippen LogP contribution in [-0.4, -0.2) is 0 Å². The van der Waals surface area contributed by atoms with Gasteiger partial charge in [-0.15, -0.1) is 0 Å². The summed E-state index contributed by atoms with van der Waals surface area (Å²) in [7, 11) is 0. The second-order valence-corrected chi connectivity index (χ2v) is 2.79. The molecule has 1 nitrogen and oxygen atoms in total. The SMILES string of the molecule is Brc1[c]cc2cccoc1-2. The normalized spacial score (nSPS) is 10.5. The summed E-state index contributed by atoms with van der Waals surface area (Å²) in [5.41, 5.74) is 1.08. The van der Waals surface area contributed by atoms with Gasteiger partial charge in [-0.25, -0.2) is 0 Å². The fourth-order valence-corrected chi connectivity index (χ4v) is 1.33. The molecule has 0 spiro atoms. The van der Waals surface area contributed by atoms with E-state index in [2.05, 4.69) is 22.0 Å². The van der Waals surface area contributed by atoms with Crippen LogP contribution in [0.25, 0.3) is 11.3 Å². The predicted molar refractivity (Wildman–Crippen MR) is 41.9 cm³/mol. The highest BCUT2D eigenvalue weighted by molar-refractivity contribution is 9.10. The van der Waals surface area contributed by atoms with E-state index < -0.39 is 0 Å². The second kappa shape index (κ2) is 2.13. The zero-order valence-electron chi connectivity index (χ0n) is 5.10. The lowest BCUT2D eigenvalue weighted by atomic mass is 10.3. The molecule has 1 aliphatic heterocycles. The molecule has 2 aliphatic rings. The monoisotopic (exact) mass is 195 g/mol. The lowest BCUT2D eigenvalue weighted by molar-refractivity contribution is 0.564. The first-order valence-electron chi connectivity index (χ1n) is 2.91. The topological polar surface area (TPSA) is 13.1 Å². The minimum atomic E-state index is 0.863. The van der Waals surface area contributed by atoms with E-state index in [1.807, 2.05) is 18.2 Å². The highest BCUT2D eigenvalue weighted by Crippen LogP contribution is 2.30. The van der Waals surface area contributed by atoms with Gasteiger partial charge in [0.2, 0.25) is 0 Å². The van der Waals surface area contributed by atoms with E-state index in [0.717, 1.165) is 15.8 Å². The van der Waals surface area contributed by atoms with Crippen LogP contribution in [0.5, 0.6) is 0 Å². The quantitative estimate of drug-likeness (QED) is 0.631. The van der Waals surface area contributed by atoms with Crippen molar-refractivity contribution in [3.8, 4) is 11.3 Å². The Kier molecular flexibility index (Phi) is 1.27. The minimum Gasteiger partial charge on any atom is -0.463 e. The van der Waals surface area contributed by atoms with Gasteiger partial charge in [-0.2, -0.15) is 0 Å². The predicted octanol–water partition coefficient (Wildman–Crippen LogP) is 2.95. The molecule has 0 bridgehead atoms. The third-order valence-corrected chi connectivity index (χ3v) is 1.95. The summed E-state index contributed by atoms with van der Waals surface area (Å²) in [4.78, 5) is 0. The Morgan fingerprint density at radius 2 is 2.40 bits per heavy atom. The van der Waals surface area contributed by atoms with E-state index in [0.29, 0.717) is 0 Å². The van der Waals surface area contributed by atoms with E-state index in [1.54, 1.807) is 6.26 Å². The van der Waals surface area contributed by atoms with Gasteiger partial charge in [0.15, 0.2) is 0 Å². The summed E-state index contributed by atoms with van der Waals surface area (Å²) in [6.45, 7) is 0. The molecule has 0 amide bonds. The van der Waals surface area contributed by atoms with Gasteiger partial charge in [0.05, 0.1) is 10.7 Å². The van der Waals surface area contributed by atoms with Gasteiger partial charge in [-0.05, 0) is 34.1 Å². The Hall–Kier alpha value is -0.760. The number of hydrogen-bond donors (Lipinski definition) is 0.